The van der Waals surface area contributed by atoms with E-state index >= 15 is 0 Å². The van der Waals surface area contributed by atoms with Crippen molar-refractivity contribution in [2.24, 2.45) is 0 Å². The second-order valence-electron chi connectivity index (χ2n) is 6.84. The Labute approximate surface area is 186 Å². The van der Waals surface area contributed by atoms with E-state index in [4.69, 9.17) is 24.8 Å². The van der Waals surface area contributed by atoms with Gasteiger partial charge in [0.15, 0.2) is 0 Å². The van der Waals surface area contributed by atoms with Crippen molar-refractivity contribution in [1.29, 1.82) is 0 Å². The van der Waals surface area contributed by atoms with E-state index in [9.17, 15) is 0 Å². The van der Waals surface area contributed by atoms with E-state index in [1.54, 1.807) is 6.92 Å². The predicted molar refractivity (Wildman–Crippen MR) is 126 cm³/mol. The van der Waals surface area contributed by atoms with Crippen molar-refractivity contribution in [3.63, 3.8) is 0 Å². The average Bonchev–Trinajstić information content (AvgIpc) is 2.71. The van der Waals surface area contributed by atoms with Gasteiger partial charge in [-0.3, -0.25) is 0 Å². The van der Waals surface area contributed by atoms with Crippen molar-refractivity contribution >= 4 is 0 Å². The summed E-state index contributed by atoms with van der Waals surface area (Å²) >= 11 is 0. The quantitative estimate of drug-likeness (QED) is 0.348. The van der Waals surface area contributed by atoms with Crippen LogP contribution in [0.5, 0.6) is 0 Å². The van der Waals surface area contributed by atoms with Crippen LogP contribution in [-0.4, -0.2) is 53.6 Å². The van der Waals surface area contributed by atoms with Crippen LogP contribution in [0.25, 0.3) is 0 Å². The first-order chi connectivity index (χ1) is 14.1. The summed E-state index contributed by atoms with van der Waals surface area (Å²) in [5.41, 5.74) is 0. The highest BCUT2D eigenvalue weighted by Crippen LogP contribution is 2.24. The topological polar surface area (TPSA) is 79.2 Å². The Balaban J connectivity index is -0.000000401. The largest absolute Gasteiger partial charge is 0.396 e. The van der Waals surface area contributed by atoms with Gasteiger partial charge in [0.25, 0.3) is 0 Å². The molecular formula is C25H48O5. The van der Waals surface area contributed by atoms with Gasteiger partial charge in [0, 0.05) is 19.6 Å². The number of hydrogen-bond acceptors (Lipinski definition) is 5. The molecule has 0 radical (unpaired) electrons. The van der Waals surface area contributed by atoms with Gasteiger partial charge in [-0.05, 0) is 51.9 Å². The molecule has 1 heterocycles. The molecule has 0 spiro atoms. The van der Waals surface area contributed by atoms with Gasteiger partial charge in [0.2, 0.25) is 5.79 Å². The van der Waals surface area contributed by atoms with Gasteiger partial charge in [0.1, 0.15) is 6.10 Å². The van der Waals surface area contributed by atoms with Crippen LogP contribution in [-0.2, 0) is 9.47 Å². The highest BCUT2D eigenvalue weighted by atomic mass is 16.7. The molecule has 5 nitrogen and oxygen atoms in total. The van der Waals surface area contributed by atoms with E-state index in [1.807, 2.05) is 6.92 Å². The van der Waals surface area contributed by atoms with Gasteiger partial charge < -0.3 is 24.8 Å². The van der Waals surface area contributed by atoms with E-state index in [1.165, 1.54) is 25.7 Å². The summed E-state index contributed by atoms with van der Waals surface area (Å²) in [7, 11) is 0. The first-order valence-electron chi connectivity index (χ1n) is 11.1. The van der Waals surface area contributed by atoms with Crippen LogP contribution in [0.15, 0.2) is 0 Å². The number of rotatable bonds is 10. The van der Waals surface area contributed by atoms with Crippen molar-refractivity contribution < 1.29 is 24.8 Å². The predicted octanol–water partition coefficient (Wildman–Crippen LogP) is 4.67. The summed E-state index contributed by atoms with van der Waals surface area (Å²) in [6, 6.07) is 0. The summed E-state index contributed by atoms with van der Waals surface area (Å²) in [6.45, 7) is 9.68. The lowest BCUT2D eigenvalue weighted by molar-refractivity contribution is -0.233. The molecule has 30 heavy (non-hydrogen) atoms. The zero-order valence-electron chi connectivity index (χ0n) is 19.1. The molecule has 0 aromatic carbocycles. The molecule has 5 heteroatoms. The SMILES string of the molecule is C.CC#CC(O)CCCCC.CC#CC1(CCCCC)OCCCO1.OCCCO. The summed E-state index contributed by atoms with van der Waals surface area (Å²) in [4.78, 5) is 0. The zero-order valence-corrected chi connectivity index (χ0v) is 19.1. The maximum absolute atomic E-state index is 9.10. The Bertz CT molecular complexity index is 448. The maximum atomic E-state index is 9.10. The van der Waals surface area contributed by atoms with Crippen LogP contribution in [0.4, 0.5) is 0 Å². The fourth-order valence-electron chi connectivity index (χ4n) is 2.55. The molecule has 178 valence electrons. The van der Waals surface area contributed by atoms with Gasteiger partial charge in [-0.2, -0.15) is 0 Å². The lowest BCUT2D eigenvalue weighted by Gasteiger charge is -2.32. The molecule has 0 aromatic heterocycles. The van der Waals surface area contributed by atoms with E-state index in [0.717, 1.165) is 45.3 Å². The Kier molecular flexibility index (Phi) is 29.0. The molecule has 3 N–H and O–H groups in total. The number of ether oxygens (including phenoxy) is 2. The number of hydrogen-bond donors (Lipinski definition) is 3. The van der Waals surface area contributed by atoms with Crippen molar-refractivity contribution in [2.45, 2.75) is 111 Å². The molecule has 1 aliphatic rings. The Morgan fingerprint density at radius 1 is 0.867 bits per heavy atom. The summed E-state index contributed by atoms with van der Waals surface area (Å²) < 4.78 is 11.3. The molecule has 0 bridgehead atoms. The Hall–Kier alpha value is -1.08. The van der Waals surface area contributed by atoms with Crippen LogP contribution in [0, 0.1) is 23.7 Å². The summed E-state index contributed by atoms with van der Waals surface area (Å²) in [5.74, 6) is 10.8. The first-order valence-corrected chi connectivity index (χ1v) is 11.1. The molecule has 1 fully saturated rings. The normalized spacial score (nSPS) is 14.6. The third-order valence-corrected chi connectivity index (χ3v) is 4.09. The second kappa shape index (κ2) is 26.0. The highest BCUT2D eigenvalue weighted by Gasteiger charge is 2.31. The minimum absolute atomic E-state index is 0. The van der Waals surface area contributed by atoms with E-state index in [2.05, 4.69) is 37.5 Å². The smallest absolute Gasteiger partial charge is 0.233 e. The zero-order chi connectivity index (χ0) is 22.2. The molecule has 1 saturated heterocycles. The summed E-state index contributed by atoms with van der Waals surface area (Å²) in [5, 5.41) is 24.9. The standard InChI is InChI=1S/C12H20O2.C9H16O.C3H8O2.CH4/c1-3-5-6-9-12(8-4-2)13-10-7-11-14-12;1-3-5-6-8-9(10)7-4-2;4-2-1-3-5;/h3,5-7,9-11H2,1-2H3;9-10H,3,5-6,8H2,1-2H3;4-5H,1-3H2;1H4. The molecule has 0 amide bonds. The van der Waals surface area contributed by atoms with Gasteiger partial charge in [0.05, 0.1) is 13.2 Å². The van der Waals surface area contributed by atoms with Gasteiger partial charge >= 0.3 is 0 Å². The third-order valence-electron chi connectivity index (χ3n) is 4.09. The van der Waals surface area contributed by atoms with Crippen molar-refractivity contribution in [2.75, 3.05) is 26.4 Å². The minimum atomic E-state index is -0.581. The van der Waals surface area contributed by atoms with Crippen LogP contribution in [0.1, 0.15) is 99.3 Å². The molecule has 1 atom stereocenters. The lowest BCUT2D eigenvalue weighted by Crippen LogP contribution is -2.39. The van der Waals surface area contributed by atoms with Gasteiger partial charge in [-0.25, -0.2) is 0 Å². The van der Waals surface area contributed by atoms with Crippen LogP contribution in [0.2, 0.25) is 0 Å². The number of aliphatic hydroxyl groups excluding tert-OH is 3. The number of aliphatic hydroxyl groups is 3. The Morgan fingerprint density at radius 3 is 1.87 bits per heavy atom. The fraction of sp³-hybridized carbons (Fsp3) is 0.840. The molecule has 1 unspecified atom stereocenters. The third kappa shape index (κ3) is 21.6. The van der Waals surface area contributed by atoms with Gasteiger partial charge in [-0.15, -0.1) is 11.8 Å². The molecule has 0 saturated carbocycles. The maximum Gasteiger partial charge on any atom is 0.233 e. The molecule has 1 rings (SSSR count). The van der Waals surface area contributed by atoms with E-state index < -0.39 is 11.9 Å². The monoisotopic (exact) mass is 428 g/mol. The van der Waals surface area contributed by atoms with Crippen LogP contribution in [0.3, 0.4) is 0 Å². The highest BCUT2D eigenvalue weighted by molar-refractivity contribution is 5.09. The fourth-order valence-corrected chi connectivity index (χ4v) is 2.55. The molecule has 1 aliphatic heterocycles. The average molecular weight is 429 g/mol. The van der Waals surface area contributed by atoms with Crippen LogP contribution < -0.4 is 0 Å². The number of unbranched alkanes of at least 4 members (excludes halogenated alkanes) is 4. The first kappa shape index (κ1) is 33.6. The van der Waals surface area contributed by atoms with Gasteiger partial charge in [-0.1, -0.05) is 52.9 Å². The Morgan fingerprint density at radius 2 is 1.43 bits per heavy atom. The van der Waals surface area contributed by atoms with Crippen LogP contribution >= 0.6 is 0 Å². The summed E-state index contributed by atoms with van der Waals surface area (Å²) in [6.07, 6.45) is 9.88. The minimum Gasteiger partial charge on any atom is -0.396 e. The van der Waals surface area contributed by atoms with Crippen molar-refractivity contribution in [3.05, 3.63) is 0 Å². The lowest BCUT2D eigenvalue weighted by atomic mass is 10.1. The second-order valence-corrected chi connectivity index (χ2v) is 6.84. The van der Waals surface area contributed by atoms with Crippen molar-refractivity contribution in [1.82, 2.24) is 0 Å². The van der Waals surface area contributed by atoms with E-state index in [0.29, 0.717) is 6.42 Å². The van der Waals surface area contributed by atoms with E-state index in [-0.39, 0.29) is 20.6 Å². The molecule has 0 aromatic rings. The molecule has 0 aliphatic carbocycles. The molecular weight excluding hydrogens is 380 g/mol. The van der Waals surface area contributed by atoms with Crippen molar-refractivity contribution in [3.8, 4) is 23.7 Å².